The van der Waals surface area contributed by atoms with Gasteiger partial charge in [0.15, 0.2) is 4.34 Å². The maximum atomic E-state index is 6.04. The summed E-state index contributed by atoms with van der Waals surface area (Å²) in [6.07, 6.45) is 1.55. The van der Waals surface area contributed by atoms with Crippen LogP contribution in [0.5, 0.6) is 0 Å². The minimum Gasteiger partial charge on any atom is -0.383 e. The van der Waals surface area contributed by atoms with Crippen LogP contribution < -0.4 is 5.73 Å². The Balaban J connectivity index is 1.92. The van der Waals surface area contributed by atoms with Gasteiger partial charge in [-0.2, -0.15) is 4.37 Å². The van der Waals surface area contributed by atoms with E-state index in [4.69, 9.17) is 5.73 Å². The maximum absolute atomic E-state index is 6.04. The van der Waals surface area contributed by atoms with E-state index in [-0.39, 0.29) is 0 Å². The van der Waals surface area contributed by atoms with Crippen LogP contribution in [0.3, 0.4) is 0 Å². The highest BCUT2D eigenvalue weighted by atomic mass is 32.2. The Labute approximate surface area is 122 Å². The highest BCUT2D eigenvalue weighted by molar-refractivity contribution is 8.00. The average molecular weight is 309 g/mol. The normalized spacial score (nSPS) is 11.3. The van der Waals surface area contributed by atoms with Crippen molar-refractivity contribution in [2.24, 2.45) is 0 Å². The first-order valence-corrected chi connectivity index (χ1v) is 8.14. The molecule has 3 aromatic heterocycles. The standard InChI is InChI=1S/C11H11N5S3/c1-5-6(2)18-10-8(5)9(12)15-7(16-10)3-17-11-13-4-14-19-11/h4H,3H2,1-2H3,(H2,12,15,16). The van der Waals surface area contributed by atoms with Crippen LogP contribution in [-0.2, 0) is 5.75 Å². The summed E-state index contributed by atoms with van der Waals surface area (Å²) >= 11 is 4.62. The van der Waals surface area contributed by atoms with E-state index in [1.54, 1.807) is 29.4 Å². The van der Waals surface area contributed by atoms with Crippen molar-refractivity contribution < 1.29 is 0 Å². The summed E-state index contributed by atoms with van der Waals surface area (Å²) in [7, 11) is 0. The molecular weight excluding hydrogens is 298 g/mol. The Bertz CT molecular complexity index is 720. The molecule has 0 aliphatic carbocycles. The van der Waals surface area contributed by atoms with Crippen LogP contribution in [0.4, 0.5) is 5.82 Å². The van der Waals surface area contributed by atoms with Crippen LogP contribution in [0.25, 0.3) is 10.2 Å². The highest BCUT2D eigenvalue weighted by Gasteiger charge is 2.13. The number of thioether (sulfide) groups is 1. The minimum absolute atomic E-state index is 0.569. The number of hydrogen-bond donors (Lipinski definition) is 1. The van der Waals surface area contributed by atoms with E-state index in [1.165, 1.54) is 22.0 Å². The van der Waals surface area contributed by atoms with Gasteiger partial charge in [-0.15, -0.1) is 11.3 Å². The zero-order valence-corrected chi connectivity index (χ0v) is 12.8. The second-order valence-electron chi connectivity index (χ2n) is 3.98. The van der Waals surface area contributed by atoms with Gasteiger partial charge >= 0.3 is 0 Å². The van der Waals surface area contributed by atoms with Gasteiger partial charge < -0.3 is 5.73 Å². The predicted octanol–water partition coefficient (Wildman–Crippen LogP) is 3.03. The molecule has 0 radical (unpaired) electrons. The number of aryl methyl sites for hydroxylation is 2. The smallest absolute Gasteiger partial charge is 0.170 e. The Hall–Kier alpha value is -1.25. The van der Waals surface area contributed by atoms with Gasteiger partial charge in [-0.3, -0.25) is 0 Å². The lowest BCUT2D eigenvalue weighted by molar-refractivity contribution is 1.08. The van der Waals surface area contributed by atoms with E-state index in [9.17, 15) is 0 Å². The largest absolute Gasteiger partial charge is 0.383 e. The molecule has 3 rings (SSSR count). The third-order valence-electron chi connectivity index (χ3n) is 2.77. The maximum Gasteiger partial charge on any atom is 0.170 e. The Morgan fingerprint density at radius 2 is 2.16 bits per heavy atom. The second-order valence-corrected chi connectivity index (χ2v) is 7.19. The number of nitrogens with zero attached hydrogens (tertiary/aromatic N) is 4. The van der Waals surface area contributed by atoms with Gasteiger partial charge in [-0.1, -0.05) is 11.8 Å². The third kappa shape index (κ3) is 2.43. The number of nitrogen functional groups attached to an aromatic ring is 1. The number of hydrogen-bond acceptors (Lipinski definition) is 8. The molecule has 3 aromatic rings. The monoisotopic (exact) mass is 309 g/mol. The first-order valence-electron chi connectivity index (χ1n) is 5.56. The summed E-state index contributed by atoms with van der Waals surface area (Å²) in [5.74, 6) is 1.97. The summed E-state index contributed by atoms with van der Waals surface area (Å²) < 4.78 is 4.88. The molecule has 5 nitrogen and oxygen atoms in total. The van der Waals surface area contributed by atoms with Crippen molar-refractivity contribution in [3.05, 3.63) is 22.6 Å². The molecule has 0 unspecified atom stereocenters. The number of fused-ring (bicyclic) bond motifs is 1. The van der Waals surface area contributed by atoms with Crippen molar-refractivity contribution >= 4 is 50.7 Å². The van der Waals surface area contributed by atoms with Gasteiger partial charge in [-0.05, 0) is 30.9 Å². The lowest BCUT2D eigenvalue weighted by Crippen LogP contribution is -1.99. The molecule has 0 aliphatic rings. The van der Waals surface area contributed by atoms with E-state index in [0.717, 1.165) is 20.4 Å². The van der Waals surface area contributed by atoms with Crippen molar-refractivity contribution in [2.75, 3.05) is 5.73 Å². The SMILES string of the molecule is Cc1sc2nc(CSc3ncns3)nc(N)c2c1C. The van der Waals surface area contributed by atoms with Crippen LogP contribution in [0.15, 0.2) is 10.7 Å². The molecule has 19 heavy (non-hydrogen) atoms. The molecule has 0 spiro atoms. The zero-order chi connectivity index (χ0) is 13.4. The summed E-state index contributed by atoms with van der Waals surface area (Å²) in [5, 5.41) is 0.993. The van der Waals surface area contributed by atoms with E-state index in [2.05, 4.69) is 33.2 Å². The number of aromatic nitrogens is 4. The van der Waals surface area contributed by atoms with Crippen LogP contribution in [0.1, 0.15) is 16.3 Å². The van der Waals surface area contributed by atoms with Gasteiger partial charge in [0.05, 0.1) is 11.1 Å². The van der Waals surface area contributed by atoms with Gasteiger partial charge in [-0.25, -0.2) is 15.0 Å². The Morgan fingerprint density at radius 3 is 2.89 bits per heavy atom. The molecule has 3 heterocycles. The first kappa shape index (κ1) is 12.8. The molecule has 98 valence electrons. The van der Waals surface area contributed by atoms with Crippen molar-refractivity contribution in [3.63, 3.8) is 0 Å². The molecule has 0 atom stereocenters. The van der Waals surface area contributed by atoms with Crippen molar-refractivity contribution in [3.8, 4) is 0 Å². The minimum atomic E-state index is 0.569. The molecular formula is C11H11N5S3. The third-order valence-corrected chi connectivity index (χ3v) is 5.66. The molecule has 2 N–H and O–H groups in total. The van der Waals surface area contributed by atoms with Gasteiger partial charge in [0, 0.05) is 4.88 Å². The molecule has 0 aliphatic heterocycles. The Kier molecular flexibility index (Phi) is 3.38. The summed E-state index contributed by atoms with van der Waals surface area (Å²) in [6, 6.07) is 0. The lowest BCUT2D eigenvalue weighted by atomic mass is 10.2. The first-order chi connectivity index (χ1) is 9.15. The van der Waals surface area contributed by atoms with Crippen molar-refractivity contribution in [1.29, 1.82) is 0 Å². The number of thiophene rings is 1. The number of rotatable bonds is 3. The van der Waals surface area contributed by atoms with Crippen molar-refractivity contribution in [1.82, 2.24) is 19.3 Å². The average Bonchev–Trinajstić information content (AvgIpc) is 2.96. The molecule has 0 aromatic carbocycles. The van der Waals surface area contributed by atoms with E-state index in [1.807, 2.05) is 0 Å². The van der Waals surface area contributed by atoms with Crippen LogP contribution >= 0.6 is 34.6 Å². The lowest BCUT2D eigenvalue weighted by Gasteiger charge is -2.01. The fraction of sp³-hybridized carbons (Fsp3) is 0.273. The van der Waals surface area contributed by atoms with E-state index in [0.29, 0.717) is 11.6 Å². The quantitative estimate of drug-likeness (QED) is 0.749. The Morgan fingerprint density at radius 1 is 1.32 bits per heavy atom. The van der Waals surface area contributed by atoms with E-state index >= 15 is 0 Å². The highest BCUT2D eigenvalue weighted by Crippen LogP contribution is 2.32. The molecule has 8 heteroatoms. The van der Waals surface area contributed by atoms with Crippen molar-refractivity contribution in [2.45, 2.75) is 23.9 Å². The fourth-order valence-corrected chi connectivity index (χ4v) is 4.10. The van der Waals surface area contributed by atoms with Gasteiger partial charge in [0.25, 0.3) is 0 Å². The zero-order valence-electron chi connectivity index (χ0n) is 10.4. The molecule has 0 amide bonds. The summed E-state index contributed by atoms with van der Waals surface area (Å²) in [5.41, 5.74) is 7.22. The number of anilines is 1. The van der Waals surface area contributed by atoms with Gasteiger partial charge in [0.1, 0.15) is 22.8 Å². The molecule has 0 saturated heterocycles. The fourth-order valence-electron chi connectivity index (χ4n) is 1.74. The topological polar surface area (TPSA) is 77.6 Å². The van der Waals surface area contributed by atoms with Crippen LogP contribution in [0.2, 0.25) is 0 Å². The second kappa shape index (κ2) is 5.03. The van der Waals surface area contributed by atoms with E-state index < -0.39 is 0 Å². The van der Waals surface area contributed by atoms with Crippen LogP contribution in [0, 0.1) is 13.8 Å². The van der Waals surface area contributed by atoms with Gasteiger partial charge in [0.2, 0.25) is 0 Å². The predicted molar refractivity (Wildman–Crippen MR) is 80.8 cm³/mol. The molecule has 0 saturated carbocycles. The summed E-state index contributed by atoms with van der Waals surface area (Å²) in [6.45, 7) is 4.14. The molecule has 0 fully saturated rings. The van der Waals surface area contributed by atoms with Crippen LogP contribution in [-0.4, -0.2) is 19.3 Å². The molecule has 0 bridgehead atoms. The number of nitrogens with two attached hydrogens (primary N) is 1. The summed E-state index contributed by atoms with van der Waals surface area (Å²) in [4.78, 5) is 15.3.